The molecular weight excluding hydrogens is 304 g/mol. The summed E-state index contributed by atoms with van der Waals surface area (Å²) in [6.45, 7) is 0.508. The molecule has 0 aliphatic rings. The molecule has 2 rings (SSSR count). The molecule has 0 aromatic carbocycles. The maximum absolute atomic E-state index is 11.7. The van der Waals surface area contributed by atoms with Crippen molar-refractivity contribution in [1.82, 2.24) is 4.98 Å². The minimum absolute atomic E-state index is 0.0489. The molecule has 0 fully saturated rings. The van der Waals surface area contributed by atoms with E-state index in [1.165, 1.54) is 31.7 Å². The van der Waals surface area contributed by atoms with E-state index in [-0.39, 0.29) is 24.1 Å². The number of aliphatic hydroxyl groups is 1. The lowest BCUT2D eigenvalue weighted by Gasteiger charge is -2.07. The van der Waals surface area contributed by atoms with Gasteiger partial charge >= 0.3 is 11.8 Å². The molecule has 0 radical (unpaired) electrons. The molecule has 2 aromatic rings. The standard InChI is InChI=1S/C15H18N2O6/c1-21-15(19)12-10-23-14(16-12)11-5-6-17(20)13(9-11)22-8-4-2-3-7-18/h5-6,9-10,18H,2-4,7-8H2,1H3. The number of aliphatic hydroxyl groups excluding tert-OH is 1. The van der Waals surface area contributed by atoms with Crippen molar-refractivity contribution in [2.24, 2.45) is 0 Å². The molecule has 1 N–H and O–H groups in total. The fourth-order valence-corrected chi connectivity index (χ4v) is 1.88. The summed E-state index contributed by atoms with van der Waals surface area (Å²) in [5, 5.41) is 20.4. The Labute approximate surface area is 132 Å². The Balaban J connectivity index is 2.07. The van der Waals surface area contributed by atoms with E-state index in [1.807, 2.05) is 0 Å². The third kappa shape index (κ3) is 4.43. The van der Waals surface area contributed by atoms with Crippen LogP contribution < -0.4 is 9.47 Å². The van der Waals surface area contributed by atoms with Crippen LogP contribution in [0.2, 0.25) is 0 Å². The van der Waals surface area contributed by atoms with Gasteiger partial charge in [0.25, 0.3) is 0 Å². The normalized spacial score (nSPS) is 10.5. The van der Waals surface area contributed by atoms with Crippen LogP contribution in [-0.2, 0) is 4.74 Å². The lowest BCUT2D eigenvalue weighted by atomic mass is 10.2. The molecule has 0 bridgehead atoms. The molecule has 0 spiro atoms. The molecule has 0 aliphatic heterocycles. The first-order valence-electron chi connectivity index (χ1n) is 7.16. The average Bonchev–Trinajstić information content (AvgIpc) is 3.05. The number of rotatable bonds is 8. The number of hydrogen-bond donors (Lipinski definition) is 1. The highest BCUT2D eigenvalue weighted by Crippen LogP contribution is 2.21. The minimum atomic E-state index is -0.602. The molecule has 8 heteroatoms. The summed E-state index contributed by atoms with van der Waals surface area (Å²) in [6, 6.07) is 3.00. The maximum atomic E-state index is 11.7. The van der Waals surface area contributed by atoms with Crippen molar-refractivity contribution in [2.75, 3.05) is 20.3 Å². The number of esters is 1. The van der Waals surface area contributed by atoms with Gasteiger partial charge in [0.05, 0.1) is 25.3 Å². The molecule has 8 nitrogen and oxygen atoms in total. The smallest absolute Gasteiger partial charge is 0.380 e. The van der Waals surface area contributed by atoms with Crippen molar-refractivity contribution < 1.29 is 28.5 Å². The predicted octanol–water partition coefficient (Wildman–Crippen LogP) is 1.30. The third-order valence-electron chi connectivity index (χ3n) is 3.08. The van der Waals surface area contributed by atoms with Crippen LogP contribution in [0, 0.1) is 5.21 Å². The molecule has 124 valence electrons. The quantitative estimate of drug-likeness (QED) is 0.338. The van der Waals surface area contributed by atoms with E-state index < -0.39 is 5.97 Å². The van der Waals surface area contributed by atoms with Gasteiger partial charge in [-0.1, -0.05) is 0 Å². The Bertz CT molecular complexity index is 655. The highest BCUT2D eigenvalue weighted by Gasteiger charge is 2.16. The SMILES string of the molecule is COC(=O)c1coc(-c2cc[n+]([O-])c(OCCCCCO)c2)n1. The van der Waals surface area contributed by atoms with Gasteiger partial charge in [0.2, 0.25) is 5.89 Å². The van der Waals surface area contributed by atoms with Crippen LogP contribution in [0.15, 0.2) is 29.0 Å². The topological polar surface area (TPSA) is 109 Å². The Morgan fingerprint density at radius 3 is 3.00 bits per heavy atom. The highest BCUT2D eigenvalue weighted by atomic mass is 16.5. The van der Waals surface area contributed by atoms with E-state index >= 15 is 0 Å². The van der Waals surface area contributed by atoms with E-state index in [0.29, 0.717) is 23.3 Å². The summed E-state index contributed by atoms with van der Waals surface area (Å²) < 4.78 is 15.8. The van der Waals surface area contributed by atoms with Crippen molar-refractivity contribution in [3.8, 4) is 17.3 Å². The molecular formula is C15H18N2O6. The van der Waals surface area contributed by atoms with Crippen LogP contribution >= 0.6 is 0 Å². The molecule has 0 amide bonds. The number of aromatic nitrogens is 2. The third-order valence-corrected chi connectivity index (χ3v) is 3.08. The van der Waals surface area contributed by atoms with E-state index in [2.05, 4.69) is 9.72 Å². The molecule has 0 atom stereocenters. The number of carbonyl (C=O) groups is 1. The largest absolute Gasteiger partial charge is 0.616 e. The molecule has 0 aliphatic carbocycles. The summed E-state index contributed by atoms with van der Waals surface area (Å²) in [4.78, 5) is 15.4. The Hall–Kier alpha value is -2.61. The van der Waals surface area contributed by atoms with Gasteiger partial charge in [0.1, 0.15) is 6.26 Å². The number of hydrogen-bond acceptors (Lipinski definition) is 7. The van der Waals surface area contributed by atoms with E-state index in [4.69, 9.17) is 14.3 Å². The zero-order valence-electron chi connectivity index (χ0n) is 12.7. The van der Waals surface area contributed by atoms with Gasteiger partial charge < -0.3 is 24.2 Å². The van der Waals surface area contributed by atoms with Crippen LogP contribution in [-0.4, -0.2) is 36.4 Å². The molecule has 0 saturated heterocycles. The predicted molar refractivity (Wildman–Crippen MR) is 78.7 cm³/mol. The maximum Gasteiger partial charge on any atom is 0.380 e. The van der Waals surface area contributed by atoms with Crippen LogP contribution in [0.3, 0.4) is 0 Å². The Morgan fingerprint density at radius 2 is 2.26 bits per heavy atom. The second kappa shape index (κ2) is 8.14. The van der Waals surface area contributed by atoms with Gasteiger partial charge in [-0.25, -0.2) is 9.78 Å². The second-order valence-electron chi connectivity index (χ2n) is 4.74. The molecule has 2 heterocycles. The van der Waals surface area contributed by atoms with Gasteiger partial charge in [-0.2, -0.15) is 0 Å². The van der Waals surface area contributed by atoms with Crippen LogP contribution in [0.4, 0.5) is 0 Å². The minimum Gasteiger partial charge on any atom is -0.616 e. The summed E-state index contributed by atoms with van der Waals surface area (Å²) >= 11 is 0. The summed E-state index contributed by atoms with van der Waals surface area (Å²) in [7, 11) is 1.25. The van der Waals surface area contributed by atoms with Gasteiger partial charge in [-0.15, -0.1) is 4.73 Å². The van der Waals surface area contributed by atoms with E-state index in [1.54, 1.807) is 0 Å². The van der Waals surface area contributed by atoms with Gasteiger partial charge in [-0.3, -0.25) is 0 Å². The fourth-order valence-electron chi connectivity index (χ4n) is 1.88. The van der Waals surface area contributed by atoms with E-state index in [9.17, 15) is 10.0 Å². The number of unbranched alkanes of at least 4 members (excludes halogenated alkanes) is 2. The molecule has 2 aromatic heterocycles. The summed E-state index contributed by atoms with van der Waals surface area (Å²) in [6.07, 6.45) is 4.72. The zero-order valence-corrected chi connectivity index (χ0v) is 12.7. The van der Waals surface area contributed by atoms with E-state index in [0.717, 1.165) is 12.8 Å². The van der Waals surface area contributed by atoms with Crippen LogP contribution in [0.1, 0.15) is 29.8 Å². The first-order chi connectivity index (χ1) is 11.2. The fraction of sp³-hybridized carbons (Fsp3) is 0.400. The van der Waals surface area contributed by atoms with Crippen molar-refractivity contribution in [2.45, 2.75) is 19.3 Å². The Morgan fingerprint density at radius 1 is 1.43 bits per heavy atom. The Kier molecular flexibility index (Phi) is 5.93. The van der Waals surface area contributed by atoms with Gasteiger partial charge in [0.15, 0.2) is 11.9 Å². The first kappa shape index (κ1) is 16.8. The lowest BCUT2D eigenvalue weighted by Crippen LogP contribution is -2.28. The lowest BCUT2D eigenvalue weighted by molar-refractivity contribution is -0.612. The zero-order chi connectivity index (χ0) is 16.7. The van der Waals surface area contributed by atoms with Gasteiger partial charge in [-0.05, 0) is 19.3 Å². The first-order valence-corrected chi connectivity index (χ1v) is 7.16. The molecule has 0 unspecified atom stereocenters. The van der Waals surface area contributed by atoms with Gasteiger partial charge in [0, 0.05) is 12.7 Å². The van der Waals surface area contributed by atoms with Crippen LogP contribution in [0.5, 0.6) is 5.88 Å². The monoisotopic (exact) mass is 322 g/mol. The van der Waals surface area contributed by atoms with Crippen LogP contribution in [0.25, 0.3) is 11.5 Å². The summed E-state index contributed by atoms with van der Waals surface area (Å²) in [5.74, 6) is -0.296. The number of pyridine rings is 1. The average molecular weight is 322 g/mol. The number of nitrogens with zero attached hydrogens (tertiary/aromatic N) is 2. The summed E-state index contributed by atoms with van der Waals surface area (Å²) in [5.41, 5.74) is 0.561. The molecule has 23 heavy (non-hydrogen) atoms. The number of carbonyl (C=O) groups excluding carboxylic acids is 1. The van der Waals surface area contributed by atoms with Crippen molar-refractivity contribution in [1.29, 1.82) is 0 Å². The number of oxazole rings is 1. The number of methoxy groups -OCH3 is 1. The highest BCUT2D eigenvalue weighted by molar-refractivity contribution is 5.87. The van der Waals surface area contributed by atoms with Crippen molar-refractivity contribution >= 4 is 5.97 Å². The van der Waals surface area contributed by atoms with Crippen molar-refractivity contribution in [3.05, 3.63) is 35.5 Å². The molecule has 0 saturated carbocycles. The second-order valence-corrected chi connectivity index (χ2v) is 4.74. The number of ether oxygens (including phenoxy) is 2. The van der Waals surface area contributed by atoms with Crippen molar-refractivity contribution in [3.63, 3.8) is 0 Å².